The summed E-state index contributed by atoms with van der Waals surface area (Å²) in [6, 6.07) is 2.26. The fourth-order valence-electron chi connectivity index (χ4n) is 3.51. The number of pyridine rings is 1. The number of likely N-dealkylation sites (N-methyl/N-ethyl adjacent to an activating group) is 2. The van der Waals surface area contributed by atoms with Gasteiger partial charge in [-0.25, -0.2) is 4.98 Å². The first-order valence-corrected chi connectivity index (χ1v) is 9.48. The number of carbonyl (C=O) groups excluding carboxylic acids is 2. The second kappa shape index (κ2) is 9.25. The van der Waals surface area contributed by atoms with Crippen LogP contribution < -0.4 is 4.90 Å². The number of aromatic nitrogens is 1. The highest BCUT2D eigenvalue weighted by Gasteiger charge is 2.37. The van der Waals surface area contributed by atoms with E-state index in [1.807, 2.05) is 13.8 Å². The van der Waals surface area contributed by atoms with Gasteiger partial charge in [0, 0.05) is 39.4 Å². The molecule has 1 unspecified atom stereocenters. The molecule has 1 atom stereocenters. The van der Waals surface area contributed by atoms with Crippen molar-refractivity contribution in [2.75, 3.05) is 44.7 Å². The normalized spacial score (nSPS) is 17.4. The van der Waals surface area contributed by atoms with Crippen molar-refractivity contribution in [3.8, 4) is 0 Å². The molecule has 0 spiro atoms. The number of rotatable bonds is 6. The zero-order chi connectivity index (χ0) is 20.9. The Hall–Kier alpha value is -2.32. The van der Waals surface area contributed by atoms with Crippen LogP contribution in [-0.4, -0.2) is 66.4 Å². The minimum Gasteiger partial charge on any atom is -0.355 e. The molecule has 0 bridgehead atoms. The minimum absolute atomic E-state index is 0.0333. The van der Waals surface area contributed by atoms with Crippen LogP contribution in [0.25, 0.3) is 0 Å². The zero-order valence-corrected chi connectivity index (χ0v) is 16.5. The summed E-state index contributed by atoms with van der Waals surface area (Å²) in [6.07, 6.45) is -2.02. The molecule has 2 heterocycles. The Morgan fingerprint density at radius 3 is 2.57 bits per heavy atom. The number of hydrogen-bond acceptors (Lipinski definition) is 4. The van der Waals surface area contributed by atoms with Gasteiger partial charge in [0.05, 0.1) is 18.0 Å². The van der Waals surface area contributed by atoms with Gasteiger partial charge in [0.2, 0.25) is 11.8 Å². The van der Waals surface area contributed by atoms with Crippen LogP contribution in [0.4, 0.5) is 19.0 Å². The third-order valence-corrected chi connectivity index (χ3v) is 5.03. The third-order valence-electron chi connectivity index (χ3n) is 5.03. The molecule has 1 aliphatic heterocycles. The lowest BCUT2D eigenvalue weighted by molar-refractivity contribution is -0.141. The number of amides is 2. The Labute approximate surface area is 163 Å². The lowest BCUT2D eigenvalue weighted by atomic mass is 9.96. The summed E-state index contributed by atoms with van der Waals surface area (Å²) >= 11 is 0. The number of piperidine rings is 1. The highest BCUT2D eigenvalue weighted by atomic mass is 19.4. The predicted octanol–water partition coefficient (Wildman–Crippen LogP) is 2.64. The first-order valence-electron chi connectivity index (χ1n) is 9.48. The van der Waals surface area contributed by atoms with Crippen LogP contribution in [0.1, 0.15) is 32.3 Å². The topological polar surface area (TPSA) is 56.8 Å². The number of halogens is 3. The molecule has 2 amide bonds. The van der Waals surface area contributed by atoms with E-state index >= 15 is 0 Å². The molecule has 0 aromatic carbocycles. The molecular formula is C19H27F3N4O2. The Balaban J connectivity index is 2.09. The highest BCUT2D eigenvalue weighted by molar-refractivity contribution is 5.86. The Kier molecular flexibility index (Phi) is 7.26. The molecule has 0 N–H and O–H groups in total. The fourth-order valence-corrected chi connectivity index (χ4v) is 3.51. The Bertz CT molecular complexity index is 692. The molecule has 0 radical (unpaired) electrons. The SMILES string of the molecule is CCN(CC)C(=O)CN(C)C(=O)C1CCCN(c2ncccc2C(F)(F)F)C1. The number of hydrogen-bond donors (Lipinski definition) is 0. The predicted molar refractivity (Wildman–Crippen MR) is 99.7 cm³/mol. The average Bonchev–Trinajstić information content (AvgIpc) is 2.67. The van der Waals surface area contributed by atoms with Crippen molar-refractivity contribution in [2.45, 2.75) is 32.9 Å². The van der Waals surface area contributed by atoms with Crippen molar-refractivity contribution in [3.05, 3.63) is 23.9 Å². The third kappa shape index (κ3) is 5.14. The van der Waals surface area contributed by atoms with Gasteiger partial charge in [-0.1, -0.05) is 0 Å². The van der Waals surface area contributed by atoms with E-state index in [2.05, 4.69) is 4.98 Å². The van der Waals surface area contributed by atoms with Crippen molar-refractivity contribution < 1.29 is 22.8 Å². The summed E-state index contributed by atoms with van der Waals surface area (Å²) in [5.74, 6) is -0.979. The van der Waals surface area contributed by atoms with Gasteiger partial charge < -0.3 is 14.7 Å². The van der Waals surface area contributed by atoms with Gasteiger partial charge in [-0.05, 0) is 38.8 Å². The van der Waals surface area contributed by atoms with E-state index in [0.717, 1.165) is 6.07 Å². The maximum Gasteiger partial charge on any atom is 0.419 e. The smallest absolute Gasteiger partial charge is 0.355 e. The van der Waals surface area contributed by atoms with Crippen LogP contribution in [0, 0.1) is 5.92 Å². The van der Waals surface area contributed by atoms with E-state index in [-0.39, 0.29) is 30.7 Å². The van der Waals surface area contributed by atoms with Crippen LogP contribution >= 0.6 is 0 Å². The second-order valence-electron chi connectivity index (χ2n) is 6.92. The number of carbonyl (C=O) groups is 2. The highest BCUT2D eigenvalue weighted by Crippen LogP contribution is 2.36. The number of anilines is 1. The first-order chi connectivity index (χ1) is 13.2. The van der Waals surface area contributed by atoms with E-state index in [1.165, 1.54) is 22.1 Å². The molecule has 1 fully saturated rings. The lowest BCUT2D eigenvalue weighted by Crippen LogP contribution is -2.47. The first kappa shape index (κ1) is 22.0. The molecule has 1 aliphatic rings. The molecule has 1 saturated heterocycles. The van der Waals surface area contributed by atoms with Gasteiger partial charge >= 0.3 is 6.18 Å². The summed E-state index contributed by atoms with van der Waals surface area (Å²) in [7, 11) is 1.56. The molecule has 6 nitrogen and oxygen atoms in total. The van der Waals surface area contributed by atoms with Crippen LogP contribution in [0.15, 0.2) is 18.3 Å². The summed E-state index contributed by atoms with van der Waals surface area (Å²) in [4.78, 5) is 33.5. The van der Waals surface area contributed by atoms with Gasteiger partial charge in [-0.3, -0.25) is 9.59 Å². The summed E-state index contributed by atoms with van der Waals surface area (Å²) in [6.45, 7) is 5.40. The summed E-state index contributed by atoms with van der Waals surface area (Å²) in [5.41, 5.74) is -0.798. The summed E-state index contributed by atoms with van der Waals surface area (Å²) < 4.78 is 39.9. The Morgan fingerprint density at radius 1 is 1.29 bits per heavy atom. The van der Waals surface area contributed by atoms with E-state index in [1.54, 1.807) is 11.9 Å². The van der Waals surface area contributed by atoms with Crippen molar-refractivity contribution in [3.63, 3.8) is 0 Å². The Morgan fingerprint density at radius 2 is 1.96 bits per heavy atom. The van der Waals surface area contributed by atoms with Crippen LogP contribution in [0.2, 0.25) is 0 Å². The number of nitrogens with zero attached hydrogens (tertiary/aromatic N) is 4. The van der Waals surface area contributed by atoms with E-state index in [4.69, 9.17) is 0 Å². The average molecular weight is 400 g/mol. The van der Waals surface area contributed by atoms with Crippen molar-refractivity contribution in [1.82, 2.24) is 14.8 Å². The number of alkyl halides is 3. The van der Waals surface area contributed by atoms with E-state index in [9.17, 15) is 22.8 Å². The van der Waals surface area contributed by atoms with Crippen molar-refractivity contribution >= 4 is 17.6 Å². The molecule has 156 valence electrons. The molecule has 9 heteroatoms. The van der Waals surface area contributed by atoms with Crippen LogP contribution in [0.3, 0.4) is 0 Å². The zero-order valence-electron chi connectivity index (χ0n) is 16.5. The summed E-state index contributed by atoms with van der Waals surface area (Å²) in [5, 5.41) is 0. The van der Waals surface area contributed by atoms with E-state index < -0.39 is 17.7 Å². The molecular weight excluding hydrogens is 373 g/mol. The van der Waals surface area contributed by atoms with Crippen LogP contribution in [-0.2, 0) is 15.8 Å². The van der Waals surface area contributed by atoms with Crippen molar-refractivity contribution in [2.24, 2.45) is 5.92 Å². The minimum atomic E-state index is -4.51. The molecule has 0 aliphatic carbocycles. The molecule has 1 aromatic rings. The second-order valence-corrected chi connectivity index (χ2v) is 6.92. The molecule has 28 heavy (non-hydrogen) atoms. The maximum atomic E-state index is 13.3. The molecule has 2 rings (SSSR count). The molecule has 1 aromatic heterocycles. The van der Waals surface area contributed by atoms with Crippen LogP contribution in [0.5, 0.6) is 0 Å². The fraction of sp³-hybridized carbons (Fsp3) is 0.632. The van der Waals surface area contributed by atoms with Gasteiger partial charge in [0.1, 0.15) is 5.82 Å². The lowest BCUT2D eigenvalue weighted by Gasteiger charge is -2.35. The van der Waals surface area contributed by atoms with E-state index in [0.29, 0.717) is 32.5 Å². The van der Waals surface area contributed by atoms with Gasteiger partial charge in [-0.15, -0.1) is 0 Å². The van der Waals surface area contributed by atoms with Gasteiger partial charge in [0.25, 0.3) is 0 Å². The maximum absolute atomic E-state index is 13.3. The van der Waals surface area contributed by atoms with Gasteiger partial charge in [-0.2, -0.15) is 13.2 Å². The standard InChI is InChI=1S/C19H27F3N4O2/c1-4-25(5-2)16(27)13-24(3)18(28)14-8-7-11-26(12-14)17-15(19(20,21)22)9-6-10-23-17/h6,9-10,14H,4-5,7-8,11-13H2,1-3H3. The largest absolute Gasteiger partial charge is 0.419 e. The molecule has 0 saturated carbocycles. The monoisotopic (exact) mass is 400 g/mol. The van der Waals surface area contributed by atoms with Crippen molar-refractivity contribution in [1.29, 1.82) is 0 Å². The van der Waals surface area contributed by atoms with Gasteiger partial charge in [0.15, 0.2) is 0 Å². The quantitative estimate of drug-likeness (QED) is 0.737.